The highest BCUT2D eigenvalue weighted by atomic mass is 16.6. The number of carbonyl (C=O) groups is 3. The molecule has 0 radical (unpaired) electrons. The first-order chi connectivity index (χ1) is 37.0. The van der Waals surface area contributed by atoms with E-state index in [9.17, 15) is 14.4 Å². The summed E-state index contributed by atoms with van der Waals surface area (Å²) in [6.07, 6.45) is 80.8. The predicted octanol–water partition coefficient (Wildman–Crippen LogP) is 22.3. The van der Waals surface area contributed by atoms with E-state index in [1.807, 2.05) is 0 Å². The van der Waals surface area contributed by atoms with Crippen molar-refractivity contribution in [3.8, 4) is 0 Å². The standard InChI is InChI=1S/C69H124O6/c1-4-7-10-13-16-19-22-25-28-31-33-34-36-39-42-45-48-51-54-57-60-63-69(72)75-66(64-73-67(70)61-58-55-52-49-46-43-40-37-30-27-24-21-18-15-12-9-6-3)65-74-68(71)62-59-56-53-50-47-44-41-38-35-32-29-26-23-20-17-14-11-8-5-2/h17,20,25-26,28-29,35,38,44,47,66H,4-16,18-19,21-24,27,30-34,36-37,39-43,45-46,48-65H2,1-3H3/b20-17-,28-25-,29-26-,38-35-,47-44-/t66-/m0/s1. The van der Waals surface area contributed by atoms with Crippen molar-refractivity contribution >= 4 is 17.9 Å². The topological polar surface area (TPSA) is 78.9 Å². The Labute approximate surface area is 466 Å². The van der Waals surface area contributed by atoms with Crippen LogP contribution in [0.3, 0.4) is 0 Å². The number of unbranched alkanes of at least 4 members (excludes halogenated alkanes) is 39. The Morgan fingerprint density at radius 1 is 0.267 bits per heavy atom. The van der Waals surface area contributed by atoms with Crippen LogP contribution in [-0.2, 0) is 28.6 Å². The molecule has 0 fully saturated rings. The van der Waals surface area contributed by atoms with Crippen LogP contribution in [0.4, 0.5) is 0 Å². The molecule has 0 saturated carbocycles. The average molecular weight is 1050 g/mol. The maximum absolute atomic E-state index is 12.9. The minimum Gasteiger partial charge on any atom is -0.462 e. The molecule has 6 nitrogen and oxygen atoms in total. The van der Waals surface area contributed by atoms with Gasteiger partial charge in [-0.15, -0.1) is 0 Å². The number of hydrogen-bond acceptors (Lipinski definition) is 6. The van der Waals surface area contributed by atoms with E-state index < -0.39 is 6.10 Å². The van der Waals surface area contributed by atoms with Gasteiger partial charge in [-0.05, 0) is 89.9 Å². The fraction of sp³-hybridized carbons (Fsp3) is 0.812. The largest absolute Gasteiger partial charge is 0.462 e. The lowest BCUT2D eigenvalue weighted by molar-refractivity contribution is -0.167. The predicted molar refractivity (Wildman–Crippen MR) is 325 cm³/mol. The first-order valence-electron chi connectivity index (χ1n) is 32.8. The summed E-state index contributed by atoms with van der Waals surface area (Å²) < 4.78 is 16.9. The lowest BCUT2D eigenvalue weighted by Gasteiger charge is -2.18. The van der Waals surface area contributed by atoms with Crippen LogP contribution >= 0.6 is 0 Å². The Bertz CT molecular complexity index is 1340. The maximum Gasteiger partial charge on any atom is 0.306 e. The van der Waals surface area contributed by atoms with Crippen molar-refractivity contribution in [2.24, 2.45) is 0 Å². The van der Waals surface area contributed by atoms with Gasteiger partial charge in [-0.25, -0.2) is 0 Å². The Morgan fingerprint density at radius 2 is 0.480 bits per heavy atom. The SMILES string of the molecule is CCCCC/C=C\C/C=C\C/C=C\C/C=C\CCCCCC(=O)OC[C@H](COC(=O)CCCCCCCCCCCCCCCCCCC)OC(=O)CCCCCCCCCCCCC/C=C\CCCCCCCC. The normalized spacial score (nSPS) is 12.4. The summed E-state index contributed by atoms with van der Waals surface area (Å²) in [6.45, 7) is 6.63. The third-order valence-electron chi connectivity index (χ3n) is 14.5. The molecule has 0 rings (SSSR count). The second-order valence-electron chi connectivity index (χ2n) is 22.0. The van der Waals surface area contributed by atoms with Crippen molar-refractivity contribution in [1.29, 1.82) is 0 Å². The second kappa shape index (κ2) is 63.6. The van der Waals surface area contributed by atoms with Crippen molar-refractivity contribution in [1.82, 2.24) is 0 Å². The van der Waals surface area contributed by atoms with Gasteiger partial charge in [0.15, 0.2) is 6.10 Å². The second-order valence-corrected chi connectivity index (χ2v) is 22.0. The van der Waals surface area contributed by atoms with Gasteiger partial charge in [0.05, 0.1) is 0 Å². The summed E-state index contributed by atoms with van der Waals surface area (Å²) in [5.74, 6) is -0.893. The zero-order chi connectivity index (χ0) is 54.3. The number of rotatable bonds is 60. The molecule has 0 aromatic rings. The Kier molecular flexibility index (Phi) is 61.2. The molecule has 0 amide bonds. The maximum atomic E-state index is 12.9. The zero-order valence-corrected chi connectivity index (χ0v) is 50.1. The van der Waals surface area contributed by atoms with E-state index in [2.05, 4.69) is 81.5 Å². The van der Waals surface area contributed by atoms with Gasteiger partial charge < -0.3 is 14.2 Å². The van der Waals surface area contributed by atoms with Gasteiger partial charge in [0.2, 0.25) is 0 Å². The van der Waals surface area contributed by atoms with Crippen LogP contribution in [0.5, 0.6) is 0 Å². The molecule has 0 aromatic carbocycles. The highest BCUT2D eigenvalue weighted by Gasteiger charge is 2.19. The molecular formula is C69H124O6. The Balaban J connectivity index is 4.39. The lowest BCUT2D eigenvalue weighted by atomic mass is 10.0. The van der Waals surface area contributed by atoms with Crippen LogP contribution in [0.25, 0.3) is 0 Å². The average Bonchev–Trinajstić information content (AvgIpc) is 3.41. The quantitative estimate of drug-likeness (QED) is 0.0261. The summed E-state index contributed by atoms with van der Waals surface area (Å²) in [7, 11) is 0. The summed E-state index contributed by atoms with van der Waals surface area (Å²) in [5.41, 5.74) is 0. The molecule has 0 spiro atoms. The monoisotopic (exact) mass is 1050 g/mol. The van der Waals surface area contributed by atoms with Gasteiger partial charge in [-0.2, -0.15) is 0 Å². The van der Waals surface area contributed by atoms with E-state index in [0.717, 1.165) is 83.5 Å². The minimum absolute atomic E-state index is 0.0811. The van der Waals surface area contributed by atoms with Crippen LogP contribution in [-0.4, -0.2) is 37.2 Å². The van der Waals surface area contributed by atoms with Crippen LogP contribution in [0.1, 0.15) is 342 Å². The molecular weight excluding hydrogens is 925 g/mol. The van der Waals surface area contributed by atoms with E-state index in [1.54, 1.807) is 0 Å². The third kappa shape index (κ3) is 61.8. The zero-order valence-electron chi connectivity index (χ0n) is 50.1. The van der Waals surface area contributed by atoms with Crippen molar-refractivity contribution in [3.05, 3.63) is 60.8 Å². The van der Waals surface area contributed by atoms with E-state index >= 15 is 0 Å². The van der Waals surface area contributed by atoms with Gasteiger partial charge in [0.1, 0.15) is 13.2 Å². The van der Waals surface area contributed by atoms with Crippen molar-refractivity contribution in [2.75, 3.05) is 13.2 Å². The number of ether oxygens (including phenoxy) is 3. The Hall–Kier alpha value is -2.89. The Morgan fingerprint density at radius 3 is 0.800 bits per heavy atom. The number of carbonyl (C=O) groups excluding carboxylic acids is 3. The molecule has 0 bridgehead atoms. The fourth-order valence-electron chi connectivity index (χ4n) is 9.54. The van der Waals surface area contributed by atoms with Gasteiger partial charge in [0, 0.05) is 19.3 Å². The number of esters is 3. The molecule has 6 heteroatoms. The summed E-state index contributed by atoms with van der Waals surface area (Å²) in [6, 6.07) is 0. The molecule has 0 N–H and O–H groups in total. The molecule has 75 heavy (non-hydrogen) atoms. The molecule has 436 valence electrons. The van der Waals surface area contributed by atoms with E-state index in [-0.39, 0.29) is 31.1 Å². The molecule has 1 atom stereocenters. The molecule has 0 aliphatic rings. The van der Waals surface area contributed by atoms with Crippen molar-refractivity contribution < 1.29 is 28.6 Å². The van der Waals surface area contributed by atoms with Crippen molar-refractivity contribution in [2.45, 2.75) is 348 Å². The molecule has 0 heterocycles. The van der Waals surface area contributed by atoms with Gasteiger partial charge in [0.25, 0.3) is 0 Å². The first-order valence-corrected chi connectivity index (χ1v) is 32.8. The van der Waals surface area contributed by atoms with Gasteiger partial charge in [-0.1, -0.05) is 293 Å². The molecule has 0 aromatic heterocycles. The summed E-state index contributed by atoms with van der Waals surface area (Å²) in [5, 5.41) is 0. The van der Waals surface area contributed by atoms with Crippen LogP contribution in [0.15, 0.2) is 60.8 Å². The number of hydrogen-bond donors (Lipinski definition) is 0. The van der Waals surface area contributed by atoms with Crippen LogP contribution in [0, 0.1) is 0 Å². The molecule has 0 aliphatic carbocycles. The van der Waals surface area contributed by atoms with Crippen molar-refractivity contribution in [3.63, 3.8) is 0 Å². The minimum atomic E-state index is -0.787. The van der Waals surface area contributed by atoms with Gasteiger partial charge in [-0.3, -0.25) is 14.4 Å². The molecule has 0 aliphatic heterocycles. The van der Waals surface area contributed by atoms with Gasteiger partial charge >= 0.3 is 17.9 Å². The van der Waals surface area contributed by atoms with Crippen LogP contribution in [0.2, 0.25) is 0 Å². The molecule has 0 saturated heterocycles. The summed E-state index contributed by atoms with van der Waals surface area (Å²) >= 11 is 0. The number of allylic oxidation sites excluding steroid dienone is 10. The van der Waals surface area contributed by atoms with E-state index in [4.69, 9.17) is 14.2 Å². The fourth-order valence-corrected chi connectivity index (χ4v) is 9.54. The highest BCUT2D eigenvalue weighted by molar-refractivity contribution is 5.71. The first kappa shape index (κ1) is 72.1. The summed E-state index contributed by atoms with van der Waals surface area (Å²) in [4.78, 5) is 38.4. The van der Waals surface area contributed by atoms with E-state index in [1.165, 1.54) is 218 Å². The third-order valence-corrected chi connectivity index (χ3v) is 14.5. The van der Waals surface area contributed by atoms with E-state index in [0.29, 0.717) is 19.3 Å². The smallest absolute Gasteiger partial charge is 0.306 e. The highest BCUT2D eigenvalue weighted by Crippen LogP contribution is 2.17. The van der Waals surface area contributed by atoms with Crippen LogP contribution < -0.4 is 0 Å². The molecule has 0 unspecified atom stereocenters. The lowest BCUT2D eigenvalue weighted by Crippen LogP contribution is -2.30.